The van der Waals surface area contributed by atoms with Crippen LogP contribution in [0.2, 0.25) is 5.02 Å². The van der Waals surface area contributed by atoms with E-state index in [-0.39, 0.29) is 6.03 Å². The maximum Gasteiger partial charge on any atom is 0.323 e. The normalized spacial score (nSPS) is 10.3. The lowest BCUT2D eigenvalue weighted by molar-refractivity contribution is 0.262. The molecule has 0 aliphatic carbocycles. The number of tetrazole rings is 1. The molecule has 0 saturated heterocycles. The van der Waals surface area contributed by atoms with Gasteiger partial charge in [0.25, 0.3) is 0 Å². The van der Waals surface area contributed by atoms with Crippen LogP contribution in [0.1, 0.15) is 0 Å². The number of urea groups is 1. The van der Waals surface area contributed by atoms with E-state index in [0.717, 1.165) is 5.56 Å². The maximum absolute atomic E-state index is 12.0. The van der Waals surface area contributed by atoms with Gasteiger partial charge in [-0.05, 0) is 52.9 Å². The minimum atomic E-state index is -0.347. The first kappa shape index (κ1) is 15.0. The maximum atomic E-state index is 12.0. The number of hydrogen-bond donors (Lipinski definition) is 2. The van der Waals surface area contributed by atoms with E-state index in [9.17, 15) is 4.79 Å². The lowest BCUT2D eigenvalue weighted by Gasteiger charge is -2.08. The fraction of sp³-hybridized carbons (Fsp3) is 0.0667. The van der Waals surface area contributed by atoms with Gasteiger partial charge in [0.15, 0.2) is 5.82 Å². The largest absolute Gasteiger partial charge is 0.323 e. The number of nitrogens with one attached hydrogen (secondary N) is 2. The van der Waals surface area contributed by atoms with Crippen LogP contribution in [-0.2, 0) is 7.05 Å². The summed E-state index contributed by atoms with van der Waals surface area (Å²) >= 11 is 5.88. The molecule has 3 aromatic rings. The van der Waals surface area contributed by atoms with Gasteiger partial charge in [-0.2, -0.15) is 0 Å². The van der Waals surface area contributed by atoms with Crippen molar-refractivity contribution in [3.8, 4) is 11.4 Å². The molecule has 7 nitrogen and oxygen atoms in total. The fourth-order valence-corrected chi connectivity index (χ4v) is 2.23. The fourth-order valence-electron chi connectivity index (χ4n) is 2.04. The van der Waals surface area contributed by atoms with E-state index in [1.807, 2.05) is 12.1 Å². The summed E-state index contributed by atoms with van der Waals surface area (Å²) in [5.74, 6) is 0.653. The van der Waals surface area contributed by atoms with E-state index in [1.54, 1.807) is 48.1 Å². The highest BCUT2D eigenvalue weighted by molar-refractivity contribution is 6.30. The molecule has 1 heterocycles. The number of nitrogens with zero attached hydrogens (tertiary/aromatic N) is 4. The van der Waals surface area contributed by atoms with Gasteiger partial charge in [-0.3, -0.25) is 0 Å². The second-order valence-electron chi connectivity index (χ2n) is 4.79. The molecular formula is C15H13ClN6O. The van der Waals surface area contributed by atoms with Crippen molar-refractivity contribution in [2.45, 2.75) is 0 Å². The Hall–Kier alpha value is -2.93. The number of amides is 2. The number of anilines is 2. The van der Waals surface area contributed by atoms with Crippen molar-refractivity contribution in [2.24, 2.45) is 7.05 Å². The predicted molar refractivity (Wildman–Crippen MR) is 88.3 cm³/mol. The van der Waals surface area contributed by atoms with E-state index < -0.39 is 0 Å². The Kier molecular flexibility index (Phi) is 4.20. The molecule has 0 spiro atoms. The van der Waals surface area contributed by atoms with E-state index >= 15 is 0 Å². The molecule has 0 aliphatic heterocycles. The van der Waals surface area contributed by atoms with Crippen LogP contribution in [0.3, 0.4) is 0 Å². The van der Waals surface area contributed by atoms with Crippen LogP contribution in [0.25, 0.3) is 11.4 Å². The second-order valence-corrected chi connectivity index (χ2v) is 5.23. The van der Waals surface area contributed by atoms with Gasteiger partial charge < -0.3 is 10.6 Å². The predicted octanol–water partition coefficient (Wildman–Crippen LogP) is 3.17. The molecule has 116 valence electrons. The topological polar surface area (TPSA) is 84.7 Å². The first-order chi connectivity index (χ1) is 11.1. The summed E-state index contributed by atoms with van der Waals surface area (Å²) in [6.07, 6.45) is 0. The van der Waals surface area contributed by atoms with Gasteiger partial charge in [0, 0.05) is 29.0 Å². The summed E-state index contributed by atoms with van der Waals surface area (Å²) in [6.45, 7) is 0. The Balaban J connectivity index is 1.66. The summed E-state index contributed by atoms with van der Waals surface area (Å²) < 4.78 is 1.58. The third-order valence-electron chi connectivity index (χ3n) is 3.10. The Morgan fingerprint density at radius 3 is 2.48 bits per heavy atom. The van der Waals surface area contributed by atoms with Crippen molar-refractivity contribution < 1.29 is 4.79 Å². The second kappa shape index (κ2) is 6.45. The van der Waals surface area contributed by atoms with Crippen LogP contribution in [0, 0.1) is 0 Å². The van der Waals surface area contributed by atoms with Crippen LogP contribution in [0.4, 0.5) is 16.2 Å². The Morgan fingerprint density at radius 1 is 1.09 bits per heavy atom. The van der Waals surface area contributed by atoms with E-state index in [4.69, 9.17) is 11.6 Å². The third kappa shape index (κ3) is 3.64. The highest BCUT2D eigenvalue weighted by atomic mass is 35.5. The van der Waals surface area contributed by atoms with Gasteiger partial charge in [0.2, 0.25) is 0 Å². The number of rotatable bonds is 3. The number of carbonyl (C=O) groups is 1. The number of hydrogen-bond acceptors (Lipinski definition) is 4. The van der Waals surface area contributed by atoms with Crippen molar-refractivity contribution in [3.63, 3.8) is 0 Å². The number of aromatic nitrogens is 4. The van der Waals surface area contributed by atoms with Crippen molar-refractivity contribution in [3.05, 3.63) is 53.6 Å². The molecular weight excluding hydrogens is 316 g/mol. The number of aryl methyl sites for hydroxylation is 1. The summed E-state index contributed by atoms with van der Waals surface area (Å²) in [5.41, 5.74) is 2.14. The van der Waals surface area contributed by atoms with Crippen molar-refractivity contribution >= 4 is 29.0 Å². The SMILES string of the molecule is Cn1nnnc1-c1ccc(NC(=O)Nc2cccc(Cl)c2)cc1. The van der Waals surface area contributed by atoms with Crippen molar-refractivity contribution in [1.82, 2.24) is 20.2 Å². The van der Waals surface area contributed by atoms with Crippen molar-refractivity contribution in [2.75, 3.05) is 10.6 Å². The average molecular weight is 329 g/mol. The number of carbonyl (C=O) groups excluding carboxylic acids is 1. The molecule has 0 unspecified atom stereocenters. The molecule has 0 fully saturated rings. The molecule has 8 heteroatoms. The smallest absolute Gasteiger partial charge is 0.308 e. The summed E-state index contributed by atoms with van der Waals surface area (Å²) in [6, 6.07) is 13.8. The van der Waals surface area contributed by atoms with Gasteiger partial charge in [-0.15, -0.1) is 5.10 Å². The highest BCUT2D eigenvalue weighted by Gasteiger charge is 2.07. The quantitative estimate of drug-likeness (QED) is 0.773. The molecule has 0 bridgehead atoms. The third-order valence-corrected chi connectivity index (χ3v) is 3.34. The first-order valence-electron chi connectivity index (χ1n) is 6.78. The standard InChI is InChI=1S/C15H13ClN6O/c1-22-14(19-20-21-22)10-5-7-12(8-6-10)17-15(23)18-13-4-2-3-11(16)9-13/h2-9H,1H3,(H2,17,18,23). The molecule has 2 N–H and O–H groups in total. The van der Waals surface area contributed by atoms with Gasteiger partial charge in [-0.1, -0.05) is 17.7 Å². The highest BCUT2D eigenvalue weighted by Crippen LogP contribution is 2.19. The molecule has 0 aliphatic rings. The van der Waals surface area contributed by atoms with Crippen LogP contribution in [0.15, 0.2) is 48.5 Å². The molecule has 3 rings (SSSR count). The zero-order chi connectivity index (χ0) is 16.2. The Labute approximate surface area is 137 Å². The molecule has 23 heavy (non-hydrogen) atoms. The van der Waals surface area contributed by atoms with Gasteiger partial charge in [-0.25, -0.2) is 9.48 Å². The first-order valence-corrected chi connectivity index (χ1v) is 7.16. The van der Waals surface area contributed by atoms with Crippen LogP contribution in [-0.4, -0.2) is 26.2 Å². The lowest BCUT2D eigenvalue weighted by Crippen LogP contribution is -2.19. The monoisotopic (exact) mass is 328 g/mol. The molecule has 0 atom stereocenters. The van der Waals surface area contributed by atoms with Crippen LogP contribution >= 0.6 is 11.6 Å². The van der Waals surface area contributed by atoms with E-state index in [2.05, 4.69) is 26.2 Å². The minimum absolute atomic E-state index is 0.347. The zero-order valence-corrected chi connectivity index (χ0v) is 12.9. The molecule has 2 amide bonds. The van der Waals surface area contributed by atoms with Gasteiger partial charge in [0.1, 0.15) is 0 Å². The molecule has 0 radical (unpaired) electrons. The molecule has 1 aromatic heterocycles. The number of benzene rings is 2. The van der Waals surface area contributed by atoms with Crippen molar-refractivity contribution in [1.29, 1.82) is 0 Å². The summed E-state index contributed by atoms with van der Waals surface area (Å²) in [5, 5.41) is 17.3. The minimum Gasteiger partial charge on any atom is -0.308 e. The van der Waals surface area contributed by atoms with E-state index in [0.29, 0.717) is 22.2 Å². The lowest BCUT2D eigenvalue weighted by atomic mass is 10.2. The summed E-state index contributed by atoms with van der Waals surface area (Å²) in [7, 11) is 1.76. The summed E-state index contributed by atoms with van der Waals surface area (Å²) in [4.78, 5) is 12.0. The Bertz CT molecular complexity index is 830. The van der Waals surface area contributed by atoms with Crippen LogP contribution < -0.4 is 10.6 Å². The molecule has 2 aromatic carbocycles. The average Bonchev–Trinajstić information content (AvgIpc) is 2.94. The number of halogens is 1. The van der Waals surface area contributed by atoms with E-state index in [1.165, 1.54) is 0 Å². The zero-order valence-electron chi connectivity index (χ0n) is 12.2. The van der Waals surface area contributed by atoms with Gasteiger partial charge in [0.05, 0.1) is 0 Å². The Morgan fingerprint density at radius 2 is 1.83 bits per heavy atom. The van der Waals surface area contributed by atoms with Gasteiger partial charge >= 0.3 is 6.03 Å². The molecule has 0 saturated carbocycles. The van der Waals surface area contributed by atoms with Crippen LogP contribution in [0.5, 0.6) is 0 Å².